The molecule has 1 atom stereocenters. The fourth-order valence-electron chi connectivity index (χ4n) is 3.12. The second kappa shape index (κ2) is 6.62. The molecule has 2 aliphatic heterocycles. The van der Waals surface area contributed by atoms with Crippen molar-refractivity contribution < 1.29 is 19.1 Å². The summed E-state index contributed by atoms with van der Waals surface area (Å²) in [5, 5.41) is 2.82. The van der Waals surface area contributed by atoms with Crippen LogP contribution in [0.2, 0.25) is 0 Å². The number of aromatic nitrogens is 2. The molecule has 1 saturated heterocycles. The van der Waals surface area contributed by atoms with E-state index in [1.54, 1.807) is 14.4 Å². The first-order valence-electron chi connectivity index (χ1n) is 8.79. The van der Waals surface area contributed by atoms with E-state index in [2.05, 4.69) is 10.3 Å². The van der Waals surface area contributed by atoms with Gasteiger partial charge in [-0.1, -0.05) is 0 Å². The number of piperazine rings is 1. The molecule has 3 heterocycles. The molecule has 1 N–H and O–H groups in total. The number of fused-ring (bicyclic) bond motifs is 1. The van der Waals surface area contributed by atoms with Crippen LogP contribution in [0.4, 0.5) is 4.79 Å². The van der Waals surface area contributed by atoms with Gasteiger partial charge in [-0.25, -0.2) is 9.78 Å². The van der Waals surface area contributed by atoms with Crippen molar-refractivity contribution in [3.8, 4) is 0 Å². The van der Waals surface area contributed by atoms with Gasteiger partial charge in [-0.3, -0.25) is 9.59 Å². The van der Waals surface area contributed by atoms with Gasteiger partial charge in [0.15, 0.2) is 5.69 Å². The highest BCUT2D eigenvalue weighted by Gasteiger charge is 2.33. The first-order valence-corrected chi connectivity index (χ1v) is 8.79. The summed E-state index contributed by atoms with van der Waals surface area (Å²) in [7, 11) is 0. The smallest absolute Gasteiger partial charge is 0.410 e. The van der Waals surface area contributed by atoms with Crippen LogP contribution in [0.5, 0.6) is 0 Å². The van der Waals surface area contributed by atoms with Gasteiger partial charge in [0.05, 0.1) is 6.33 Å². The first-order chi connectivity index (χ1) is 12.2. The molecule has 26 heavy (non-hydrogen) atoms. The Kier molecular flexibility index (Phi) is 4.64. The zero-order chi connectivity index (χ0) is 19.1. The third-order valence-electron chi connectivity index (χ3n) is 4.32. The summed E-state index contributed by atoms with van der Waals surface area (Å²) in [6, 6.07) is 0.00419. The Morgan fingerprint density at radius 1 is 1.19 bits per heavy atom. The van der Waals surface area contributed by atoms with Crippen molar-refractivity contribution in [2.75, 3.05) is 26.2 Å². The van der Waals surface area contributed by atoms with Crippen LogP contribution < -0.4 is 5.32 Å². The minimum atomic E-state index is -0.552. The molecule has 0 radical (unpaired) electrons. The Hall–Kier alpha value is -2.58. The van der Waals surface area contributed by atoms with Gasteiger partial charge in [-0.2, -0.15) is 0 Å². The molecule has 1 aromatic rings. The van der Waals surface area contributed by atoms with Gasteiger partial charge in [0.1, 0.15) is 11.3 Å². The van der Waals surface area contributed by atoms with Gasteiger partial charge < -0.3 is 24.4 Å². The minimum absolute atomic E-state index is 0.00419. The zero-order valence-corrected chi connectivity index (χ0v) is 15.6. The lowest BCUT2D eigenvalue weighted by atomic mass is 10.2. The highest BCUT2D eigenvalue weighted by molar-refractivity contribution is 6.05. The third-order valence-corrected chi connectivity index (χ3v) is 4.32. The van der Waals surface area contributed by atoms with Crippen LogP contribution in [-0.4, -0.2) is 75.1 Å². The van der Waals surface area contributed by atoms with Crippen molar-refractivity contribution in [3.63, 3.8) is 0 Å². The Labute approximate surface area is 152 Å². The standard InChI is InChI=1S/C17H25N5O4/c1-11-9-22-10-18-12(13(22)14(23)19-11)15(24)20-5-7-21(8-6-20)16(25)26-17(2,3)4/h10-11H,5-9H2,1-4H3,(H,19,23)/t11-/m1/s1. The summed E-state index contributed by atoms with van der Waals surface area (Å²) >= 11 is 0. The predicted molar refractivity (Wildman–Crippen MR) is 92.9 cm³/mol. The molecule has 0 spiro atoms. The van der Waals surface area contributed by atoms with Gasteiger partial charge in [0.2, 0.25) is 0 Å². The van der Waals surface area contributed by atoms with Gasteiger partial charge in [0, 0.05) is 38.8 Å². The first kappa shape index (κ1) is 18.2. The molecule has 9 heteroatoms. The number of ether oxygens (including phenoxy) is 1. The van der Waals surface area contributed by atoms with Crippen molar-refractivity contribution >= 4 is 17.9 Å². The molecule has 0 bridgehead atoms. The quantitative estimate of drug-likeness (QED) is 0.793. The van der Waals surface area contributed by atoms with E-state index in [1.165, 1.54) is 6.33 Å². The van der Waals surface area contributed by atoms with E-state index in [4.69, 9.17) is 4.74 Å². The van der Waals surface area contributed by atoms with Gasteiger partial charge in [-0.15, -0.1) is 0 Å². The van der Waals surface area contributed by atoms with E-state index >= 15 is 0 Å². The number of carbonyl (C=O) groups excluding carboxylic acids is 3. The second-order valence-corrected chi connectivity index (χ2v) is 7.73. The van der Waals surface area contributed by atoms with Crippen molar-refractivity contribution in [2.45, 2.75) is 45.9 Å². The van der Waals surface area contributed by atoms with Crippen LogP contribution in [-0.2, 0) is 11.3 Å². The van der Waals surface area contributed by atoms with Crippen LogP contribution in [0, 0.1) is 0 Å². The minimum Gasteiger partial charge on any atom is -0.444 e. The molecule has 0 unspecified atom stereocenters. The van der Waals surface area contributed by atoms with Gasteiger partial charge >= 0.3 is 6.09 Å². The topological polar surface area (TPSA) is 96.8 Å². The predicted octanol–water partition coefficient (Wildman–Crippen LogP) is 0.708. The number of amides is 3. The van der Waals surface area contributed by atoms with E-state index in [-0.39, 0.29) is 29.6 Å². The monoisotopic (exact) mass is 363 g/mol. The molecule has 9 nitrogen and oxygen atoms in total. The molecule has 1 fully saturated rings. The Morgan fingerprint density at radius 3 is 2.42 bits per heavy atom. The molecule has 0 aromatic carbocycles. The normalized spacial score (nSPS) is 20.5. The summed E-state index contributed by atoms with van der Waals surface area (Å²) < 4.78 is 7.07. The fraction of sp³-hybridized carbons (Fsp3) is 0.647. The number of nitrogens with one attached hydrogen (secondary N) is 1. The maximum atomic E-state index is 12.8. The Morgan fingerprint density at radius 2 is 1.81 bits per heavy atom. The van der Waals surface area contributed by atoms with E-state index in [0.29, 0.717) is 38.4 Å². The van der Waals surface area contributed by atoms with Crippen LogP contribution in [0.25, 0.3) is 0 Å². The SMILES string of the molecule is C[C@@H]1Cn2cnc(C(=O)N3CCN(C(=O)OC(C)(C)C)CC3)c2C(=O)N1. The lowest BCUT2D eigenvalue weighted by molar-refractivity contribution is 0.0140. The van der Waals surface area contributed by atoms with E-state index < -0.39 is 5.60 Å². The van der Waals surface area contributed by atoms with Crippen molar-refractivity contribution in [3.05, 3.63) is 17.7 Å². The number of rotatable bonds is 1. The maximum absolute atomic E-state index is 12.8. The van der Waals surface area contributed by atoms with Crippen molar-refractivity contribution in [2.24, 2.45) is 0 Å². The molecule has 142 valence electrons. The van der Waals surface area contributed by atoms with Gasteiger partial charge in [-0.05, 0) is 27.7 Å². The maximum Gasteiger partial charge on any atom is 0.410 e. The van der Waals surface area contributed by atoms with Gasteiger partial charge in [0.25, 0.3) is 11.8 Å². The summed E-state index contributed by atoms with van der Waals surface area (Å²) in [5.41, 5.74) is -0.0768. The van der Waals surface area contributed by atoms with Crippen LogP contribution in [0.1, 0.15) is 48.7 Å². The largest absolute Gasteiger partial charge is 0.444 e. The number of hydrogen-bond acceptors (Lipinski definition) is 5. The second-order valence-electron chi connectivity index (χ2n) is 7.73. The Balaban J connectivity index is 1.65. The zero-order valence-electron chi connectivity index (χ0n) is 15.6. The van der Waals surface area contributed by atoms with E-state index in [1.807, 2.05) is 27.7 Å². The van der Waals surface area contributed by atoms with Crippen molar-refractivity contribution in [1.82, 2.24) is 24.7 Å². The lowest BCUT2D eigenvalue weighted by Gasteiger charge is -2.35. The van der Waals surface area contributed by atoms with Crippen molar-refractivity contribution in [1.29, 1.82) is 0 Å². The number of carbonyl (C=O) groups is 3. The molecule has 2 aliphatic rings. The molecule has 3 amide bonds. The van der Waals surface area contributed by atoms with Crippen LogP contribution in [0.15, 0.2) is 6.33 Å². The summed E-state index contributed by atoms with van der Waals surface area (Å²) in [5.74, 6) is -0.565. The van der Waals surface area contributed by atoms with E-state index in [0.717, 1.165) is 0 Å². The lowest BCUT2D eigenvalue weighted by Crippen LogP contribution is -2.52. The average molecular weight is 363 g/mol. The summed E-state index contributed by atoms with van der Waals surface area (Å²) in [6.45, 7) is 9.48. The Bertz CT molecular complexity index is 728. The molecular formula is C17H25N5O4. The van der Waals surface area contributed by atoms with Crippen LogP contribution in [0.3, 0.4) is 0 Å². The molecule has 3 rings (SSSR count). The fourth-order valence-corrected chi connectivity index (χ4v) is 3.12. The average Bonchev–Trinajstić information content (AvgIpc) is 2.96. The van der Waals surface area contributed by atoms with Crippen LogP contribution >= 0.6 is 0 Å². The molecule has 1 aromatic heterocycles. The highest BCUT2D eigenvalue weighted by atomic mass is 16.6. The number of hydrogen-bond donors (Lipinski definition) is 1. The molecule has 0 aliphatic carbocycles. The number of nitrogens with zero attached hydrogens (tertiary/aromatic N) is 4. The molecule has 0 saturated carbocycles. The summed E-state index contributed by atoms with van der Waals surface area (Å²) in [4.78, 5) is 44.5. The third kappa shape index (κ3) is 3.66. The molecular weight excluding hydrogens is 338 g/mol. The number of imidazole rings is 1. The highest BCUT2D eigenvalue weighted by Crippen LogP contribution is 2.17. The summed E-state index contributed by atoms with van der Waals surface area (Å²) in [6.07, 6.45) is 1.16. The van der Waals surface area contributed by atoms with E-state index in [9.17, 15) is 14.4 Å².